The Hall–Kier alpha value is -2.15. The van der Waals surface area contributed by atoms with Crippen molar-refractivity contribution in [2.45, 2.75) is 26.7 Å². The van der Waals surface area contributed by atoms with Crippen LogP contribution in [0.25, 0.3) is 0 Å². The monoisotopic (exact) mass is 292 g/mol. The first-order valence-corrected chi connectivity index (χ1v) is 7.96. The first kappa shape index (κ1) is 16.2. The van der Waals surface area contributed by atoms with E-state index in [-0.39, 0.29) is 11.7 Å². The molecule has 0 spiro atoms. The van der Waals surface area contributed by atoms with Gasteiger partial charge in [0.2, 0.25) is 0 Å². The molecule has 0 aliphatic heterocycles. The van der Waals surface area contributed by atoms with Crippen molar-refractivity contribution in [3.63, 3.8) is 0 Å². The molecule has 1 atom stereocenters. The van der Waals surface area contributed by atoms with Crippen LogP contribution in [0.15, 0.2) is 72.8 Å². The van der Waals surface area contributed by atoms with Gasteiger partial charge in [-0.3, -0.25) is 4.79 Å². The van der Waals surface area contributed by atoms with Crippen molar-refractivity contribution in [1.82, 2.24) is 0 Å². The lowest BCUT2D eigenvalue weighted by atomic mass is 9.89. The fourth-order valence-electron chi connectivity index (χ4n) is 2.58. The van der Waals surface area contributed by atoms with E-state index in [9.17, 15) is 4.79 Å². The van der Waals surface area contributed by atoms with Crippen molar-refractivity contribution in [1.29, 1.82) is 0 Å². The quantitative estimate of drug-likeness (QED) is 0.498. The Balaban J connectivity index is 2.07. The minimum absolute atomic E-state index is 0.0360. The highest BCUT2D eigenvalue weighted by Crippen LogP contribution is 2.19. The molecule has 2 rings (SSSR count). The summed E-state index contributed by atoms with van der Waals surface area (Å²) in [6.45, 7) is 4.33. The summed E-state index contributed by atoms with van der Waals surface area (Å²) in [5.74, 6) is 0.684. The Kier molecular flexibility index (Phi) is 6.14. The van der Waals surface area contributed by atoms with Crippen LogP contribution < -0.4 is 0 Å². The van der Waals surface area contributed by atoms with Crippen LogP contribution in [0.3, 0.4) is 0 Å². The minimum Gasteiger partial charge on any atom is -0.294 e. The Bertz CT molecular complexity index is 596. The van der Waals surface area contributed by atoms with Crippen molar-refractivity contribution >= 4 is 5.78 Å². The molecule has 0 aliphatic rings. The highest BCUT2D eigenvalue weighted by molar-refractivity contribution is 5.98. The molecule has 0 heterocycles. The average Bonchev–Trinajstić information content (AvgIpc) is 2.55. The van der Waals surface area contributed by atoms with Gasteiger partial charge in [-0.05, 0) is 24.3 Å². The second-order valence-corrected chi connectivity index (χ2v) is 6.08. The predicted molar refractivity (Wildman–Crippen MR) is 93.0 cm³/mol. The maximum absolute atomic E-state index is 12.7. The van der Waals surface area contributed by atoms with Gasteiger partial charge in [0.05, 0.1) is 0 Å². The van der Waals surface area contributed by atoms with E-state index >= 15 is 0 Å². The SMILES string of the molecule is CC(C)C[C@@H](/C=C/Cc1ccccc1)C(=O)c1ccccc1. The largest absolute Gasteiger partial charge is 0.294 e. The molecule has 22 heavy (non-hydrogen) atoms. The molecular weight excluding hydrogens is 268 g/mol. The van der Waals surface area contributed by atoms with Gasteiger partial charge < -0.3 is 0 Å². The normalized spacial score (nSPS) is 12.7. The van der Waals surface area contributed by atoms with Crippen molar-refractivity contribution in [3.05, 3.63) is 83.9 Å². The number of benzene rings is 2. The second kappa shape index (κ2) is 8.33. The van der Waals surface area contributed by atoms with E-state index < -0.39 is 0 Å². The Labute approximate surface area is 133 Å². The smallest absolute Gasteiger partial charge is 0.169 e. The topological polar surface area (TPSA) is 17.1 Å². The zero-order valence-electron chi connectivity index (χ0n) is 13.4. The molecule has 114 valence electrons. The van der Waals surface area contributed by atoms with E-state index in [1.54, 1.807) is 0 Å². The zero-order chi connectivity index (χ0) is 15.8. The first-order chi connectivity index (χ1) is 10.7. The maximum atomic E-state index is 12.7. The van der Waals surface area contributed by atoms with E-state index in [1.807, 2.05) is 48.5 Å². The molecule has 0 bridgehead atoms. The molecule has 1 nitrogen and oxygen atoms in total. The number of ketones is 1. The molecule has 0 N–H and O–H groups in total. The molecule has 2 aromatic rings. The summed E-state index contributed by atoms with van der Waals surface area (Å²) in [4.78, 5) is 12.7. The molecule has 0 unspecified atom stereocenters. The van der Waals surface area contributed by atoms with Crippen molar-refractivity contribution < 1.29 is 4.79 Å². The standard InChI is InChI=1S/C21H24O/c1-17(2)16-20(21(22)19-13-7-4-8-14-19)15-9-12-18-10-5-3-6-11-18/h3-11,13-15,17,20H,12,16H2,1-2H3/b15-9+/t20-/m1/s1. The summed E-state index contributed by atoms with van der Waals surface area (Å²) in [6, 6.07) is 19.9. The van der Waals surface area contributed by atoms with Gasteiger partial charge >= 0.3 is 0 Å². The molecule has 0 radical (unpaired) electrons. The van der Waals surface area contributed by atoms with Crippen LogP contribution in [0.5, 0.6) is 0 Å². The minimum atomic E-state index is -0.0360. The predicted octanol–water partition coefficient (Wildman–Crippen LogP) is 5.33. The Morgan fingerprint density at radius 3 is 2.14 bits per heavy atom. The van der Waals surface area contributed by atoms with E-state index in [0.29, 0.717) is 5.92 Å². The van der Waals surface area contributed by atoms with Crippen LogP contribution in [0.1, 0.15) is 36.2 Å². The summed E-state index contributed by atoms with van der Waals surface area (Å²) in [6.07, 6.45) is 5.97. The third kappa shape index (κ3) is 5.00. The van der Waals surface area contributed by atoms with Gasteiger partial charge in [0.1, 0.15) is 0 Å². The summed E-state index contributed by atoms with van der Waals surface area (Å²) in [5.41, 5.74) is 2.08. The fourth-order valence-corrected chi connectivity index (χ4v) is 2.58. The van der Waals surface area contributed by atoms with E-state index in [4.69, 9.17) is 0 Å². The molecule has 0 amide bonds. The van der Waals surface area contributed by atoms with Crippen molar-refractivity contribution in [2.75, 3.05) is 0 Å². The van der Waals surface area contributed by atoms with Crippen molar-refractivity contribution in [3.8, 4) is 0 Å². The molecule has 0 aliphatic carbocycles. The number of allylic oxidation sites excluding steroid dienone is 2. The van der Waals surface area contributed by atoms with Gasteiger partial charge in [0, 0.05) is 11.5 Å². The lowest BCUT2D eigenvalue weighted by Crippen LogP contribution is -2.15. The van der Waals surface area contributed by atoms with Crippen LogP contribution in [-0.2, 0) is 6.42 Å². The molecular formula is C21H24O. The van der Waals surface area contributed by atoms with Gasteiger partial charge in [0.25, 0.3) is 0 Å². The average molecular weight is 292 g/mol. The van der Waals surface area contributed by atoms with E-state index in [1.165, 1.54) is 5.56 Å². The van der Waals surface area contributed by atoms with E-state index in [0.717, 1.165) is 18.4 Å². The van der Waals surface area contributed by atoms with Crippen LogP contribution in [0, 0.1) is 11.8 Å². The fraction of sp³-hybridized carbons (Fsp3) is 0.286. The number of Topliss-reactive ketones (excluding diaryl/α,β-unsaturated/α-hetero) is 1. The summed E-state index contributed by atoms with van der Waals surface area (Å²) in [7, 11) is 0. The maximum Gasteiger partial charge on any atom is 0.169 e. The Morgan fingerprint density at radius 1 is 0.955 bits per heavy atom. The molecule has 1 heteroatoms. The summed E-state index contributed by atoms with van der Waals surface area (Å²) >= 11 is 0. The zero-order valence-corrected chi connectivity index (χ0v) is 13.4. The number of rotatable bonds is 7. The summed E-state index contributed by atoms with van der Waals surface area (Å²) in [5, 5.41) is 0. The van der Waals surface area contributed by atoms with E-state index in [2.05, 4.69) is 38.1 Å². The van der Waals surface area contributed by atoms with Crippen LogP contribution in [-0.4, -0.2) is 5.78 Å². The number of carbonyl (C=O) groups excluding carboxylic acids is 1. The third-order valence-electron chi connectivity index (χ3n) is 3.69. The summed E-state index contributed by atoms with van der Waals surface area (Å²) < 4.78 is 0. The molecule has 0 fully saturated rings. The second-order valence-electron chi connectivity index (χ2n) is 6.08. The molecule has 0 saturated heterocycles. The molecule has 0 saturated carbocycles. The highest BCUT2D eigenvalue weighted by Gasteiger charge is 2.18. The van der Waals surface area contributed by atoms with Crippen molar-refractivity contribution in [2.24, 2.45) is 11.8 Å². The number of carbonyl (C=O) groups is 1. The van der Waals surface area contributed by atoms with Gasteiger partial charge in [-0.1, -0.05) is 86.7 Å². The lowest BCUT2D eigenvalue weighted by molar-refractivity contribution is 0.0932. The third-order valence-corrected chi connectivity index (χ3v) is 3.69. The molecule has 0 aromatic heterocycles. The van der Waals surface area contributed by atoms with Crippen LogP contribution in [0.2, 0.25) is 0 Å². The van der Waals surface area contributed by atoms with Gasteiger partial charge in [-0.2, -0.15) is 0 Å². The Morgan fingerprint density at radius 2 is 1.55 bits per heavy atom. The first-order valence-electron chi connectivity index (χ1n) is 7.96. The number of hydrogen-bond acceptors (Lipinski definition) is 1. The van der Waals surface area contributed by atoms with Gasteiger partial charge in [-0.25, -0.2) is 0 Å². The van der Waals surface area contributed by atoms with Gasteiger partial charge in [0.15, 0.2) is 5.78 Å². The van der Waals surface area contributed by atoms with Gasteiger partial charge in [-0.15, -0.1) is 0 Å². The number of hydrogen-bond donors (Lipinski definition) is 0. The molecule has 2 aromatic carbocycles. The van der Waals surface area contributed by atoms with Crippen LogP contribution >= 0.6 is 0 Å². The lowest BCUT2D eigenvalue weighted by Gasteiger charge is -2.14. The van der Waals surface area contributed by atoms with Crippen LogP contribution in [0.4, 0.5) is 0 Å². The highest BCUT2D eigenvalue weighted by atomic mass is 16.1.